The minimum Gasteiger partial charge on any atom is -0.447 e. The average molecular weight is 431 g/mol. The number of carbonyl (C=O) groups excluding carboxylic acids is 1. The average Bonchev–Trinajstić information content (AvgIpc) is 3.16. The summed E-state index contributed by atoms with van der Waals surface area (Å²) in [5, 5.41) is 13.0. The van der Waals surface area contributed by atoms with E-state index in [-0.39, 0.29) is 17.2 Å². The van der Waals surface area contributed by atoms with E-state index in [1.807, 2.05) is 52.0 Å². The van der Waals surface area contributed by atoms with Gasteiger partial charge in [0.1, 0.15) is 6.26 Å². The van der Waals surface area contributed by atoms with E-state index in [0.29, 0.717) is 25.6 Å². The van der Waals surface area contributed by atoms with E-state index in [9.17, 15) is 9.90 Å². The second-order valence-corrected chi connectivity index (χ2v) is 9.10. The van der Waals surface area contributed by atoms with Gasteiger partial charge in [-0.05, 0) is 45.4 Å². The monoisotopic (exact) mass is 430 g/mol. The van der Waals surface area contributed by atoms with E-state index in [1.54, 1.807) is 0 Å². The van der Waals surface area contributed by atoms with Crippen molar-refractivity contribution in [1.29, 1.82) is 0 Å². The maximum absolute atomic E-state index is 12.4. The van der Waals surface area contributed by atoms with Crippen molar-refractivity contribution in [2.75, 3.05) is 44.6 Å². The summed E-state index contributed by atoms with van der Waals surface area (Å²) in [6.07, 6.45) is 0.912. The number of ether oxygens (including phenoxy) is 1. The molecule has 1 aliphatic heterocycles. The molecule has 1 aromatic carbocycles. The highest BCUT2D eigenvalue weighted by atomic mass is 16.5. The lowest BCUT2D eigenvalue weighted by Crippen LogP contribution is -2.49. The number of hydrogen-bond donors (Lipinski definition) is 2. The van der Waals surface area contributed by atoms with E-state index in [1.165, 1.54) is 6.26 Å². The van der Waals surface area contributed by atoms with Gasteiger partial charge in [-0.2, -0.15) is 0 Å². The number of rotatable bonds is 8. The maximum atomic E-state index is 12.4. The maximum Gasteiger partial charge on any atom is 0.277 e. The molecule has 0 radical (unpaired) electrons. The number of benzene rings is 1. The molecular weight excluding hydrogens is 396 g/mol. The first-order valence-corrected chi connectivity index (χ1v) is 10.8. The fourth-order valence-corrected chi connectivity index (χ4v) is 3.42. The van der Waals surface area contributed by atoms with Gasteiger partial charge in [-0.1, -0.05) is 12.1 Å². The van der Waals surface area contributed by atoms with Crippen LogP contribution >= 0.6 is 0 Å². The number of nitrogens with one attached hydrogen (secondary N) is 1. The largest absolute Gasteiger partial charge is 0.447 e. The molecule has 8 heteroatoms. The Morgan fingerprint density at radius 1 is 1.26 bits per heavy atom. The number of oxazole rings is 1. The van der Waals surface area contributed by atoms with Gasteiger partial charge in [-0.15, -0.1) is 0 Å². The minimum atomic E-state index is -0.494. The number of carbonyl (C=O) groups is 1. The molecule has 0 bridgehead atoms. The zero-order valence-electron chi connectivity index (χ0n) is 18.9. The van der Waals surface area contributed by atoms with Crippen molar-refractivity contribution in [2.24, 2.45) is 0 Å². The fraction of sp³-hybridized carbons (Fsp3) is 0.565. The molecule has 31 heavy (non-hydrogen) atoms. The third-order valence-electron chi connectivity index (χ3n) is 5.06. The summed E-state index contributed by atoms with van der Waals surface area (Å²) < 4.78 is 11.2. The standard InChI is InChI=1S/C23H34N4O4/c1-17-6-5-7-18(12-17)24-22(29)20-16-30-21(25-20)14-27-10-8-26(9-11-27)13-19(28)15-31-23(2,3)4/h5-7,12,16,19,28H,8-11,13-15H2,1-4H3,(H,24,29)/t19-/m0/s1. The van der Waals surface area contributed by atoms with Gasteiger partial charge in [0.15, 0.2) is 5.69 Å². The summed E-state index contributed by atoms with van der Waals surface area (Å²) in [6.45, 7) is 12.8. The van der Waals surface area contributed by atoms with Gasteiger partial charge in [0.2, 0.25) is 5.89 Å². The molecule has 1 aromatic heterocycles. The minimum absolute atomic E-state index is 0.245. The van der Waals surface area contributed by atoms with Gasteiger partial charge in [-0.3, -0.25) is 14.6 Å². The first-order valence-electron chi connectivity index (χ1n) is 10.8. The van der Waals surface area contributed by atoms with E-state index < -0.39 is 6.10 Å². The molecule has 0 aliphatic carbocycles. The molecule has 170 valence electrons. The third-order valence-corrected chi connectivity index (χ3v) is 5.06. The van der Waals surface area contributed by atoms with Crippen LogP contribution in [0.25, 0.3) is 0 Å². The highest BCUT2D eigenvalue weighted by Gasteiger charge is 2.22. The molecule has 1 amide bonds. The Balaban J connectivity index is 1.42. The Bertz CT molecular complexity index is 853. The van der Waals surface area contributed by atoms with Gasteiger partial charge in [0, 0.05) is 38.4 Å². The number of aliphatic hydroxyl groups excluding tert-OH is 1. The quantitative estimate of drug-likeness (QED) is 0.665. The fourth-order valence-electron chi connectivity index (χ4n) is 3.42. The van der Waals surface area contributed by atoms with E-state index in [0.717, 1.165) is 37.4 Å². The van der Waals surface area contributed by atoms with Crippen LogP contribution in [-0.4, -0.2) is 76.8 Å². The predicted molar refractivity (Wildman–Crippen MR) is 119 cm³/mol. The van der Waals surface area contributed by atoms with Crippen molar-refractivity contribution in [3.63, 3.8) is 0 Å². The molecule has 3 rings (SSSR count). The second-order valence-electron chi connectivity index (χ2n) is 9.10. The first-order chi connectivity index (χ1) is 14.7. The van der Waals surface area contributed by atoms with Crippen LogP contribution in [0.3, 0.4) is 0 Å². The Kier molecular flexibility index (Phi) is 7.83. The number of anilines is 1. The van der Waals surface area contributed by atoms with Gasteiger partial charge < -0.3 is 19.6 Å². The van der Waals surface area contributed by atoms with Crippen LogP contribution in [0, 0.1) is 6.92 Å². The summed E-state index contributed by atoms with van der Waals surface area (Å²) in [4.78, 5) is 21.2. The molecule has 0 saturated carbocycles. The predicted octanol–water partition coefficient (Wildman–Crippen LogP) is 2.53. The summed E-state index contributed by atoms with van der Waals surface area (Å²) in [5.74, 6) is 0.248. The van der Waals surface area contributed by atoms with Crippen LogP contribution in [0.15, 0.2) is 34.9 Å². The summed E-state index contributed by atoms with van der Waals surface area (Å²) in [7, 11) is 0. The summed E-state index contributed by atoms with van der Waals surface area (Å²) in [6, 6.07) is 7.63. The summed E-state index contributed by atoms with van der Waals surface area (Å²) >= 11 is 0. The normalized spacial score (nSPS) is 16.9. The van der Waals surface area contributed by atoms with Crippen LogP contribution in [0.5, 0.6) is 0 Å². The molecule has 2 aromatic rings. The van der Waals surface area contributed by atoms with Crippen molar-refractivity contribution in [1.82, 2.24) is 14.8 Å². The molecule has 1 fully saturated rings. The van der Waals surface area contributed by atoms with Crippen molar-refractivity contribution >= 4 is 11.6 Å². The van der Waals surface area contributed by atoms with Crippen LogP contribution in [0.1, 0.15) is 42.7 Å². The zero-order valence-corrected chi connectivity index (χ0v) is 18.9. The molecule has 2 heterocycles. The molecule has 0 unspecified atom stereocenters. The number of aliphatic hydroxyl groups is 1. The van der Waals surface area contributed by atoms with Gasteiger partial charge in [0.05, 0.1) is 24.9 Å². The Morgan fingerprint density at radius 2 is 1.97 bits per heavy atom. The van der Waals surface area contributed by atoms with Gasteiger partial charge >= 0.3 is 0 Å². The number of piperazine rings is 1. The van der Waals surface area contributed by atoms with Crippen LogP contribution in [0.2, 0.25) is 0 Å². The topological polar surface area (TPSA) is 91.1 Å². The zero-order chi connectivity index (χ0) is 22.4. The van der Waals surface area contributed by atoms with E-state index >= 15 is 0 Å². The smallest absolute Gasteiger partial charge is 0.277 e. The van der Waals surface area contributed by atoms with Crippen molar-refractivity contribution in [3.05, 3.63) is 47.7 Å². The van der Waals surface area contributed by atoms with E-state index in [2.05, 4.69) is 20.1 Å². The van der Waals surface area contributed by atoms with E-state index in [4.69, 9.17) is 9.15 Å². The molecule has 1 saturated heterocycles. The second kappa shape index (κ2) is 10.4. The Hall–Kier alpha value is -2.26. The Labute approximate surface area is 184 Å². The lowest BCUT2D eigenvalue weighted by atomic mass is 10.2. The number of hydrogen-bond acceptors (Lipinski definition) is 7. The number of aromatic nitrogens is 1. The highest BCUT2D eigenvalue weighted by molar-refractivity contribution is 6.02. The molecule has 2 N–H and O–H groups in total. The molecule has 8 nitrogen and oxygen atoms in total. The number of nitrogens with zero attached hydrogens (tertiary/aromatic N) is 3. The molecule has 1 aliphatic rings. The number of amides is 1. The lowest BCUT2D eigenvalue weighted by Gasteiger charge is -2.35. The molecular formula is C23H34N4O4. The van der Waals surface area contributed by atoms with Gasteiger partial charge in [0.25, 0.3) is 5.91 Å². The third kappa shape index (κ3) is 7.74. The Morgan fingerprint density at radius 3 is 2.65 bits per heavy atom. The lowest BCUT2D eigenvalue weighted by molar-refractivity contribution is -0.0588. The molecule has 1 atom stereocenters. The van der Waals surface area contributed by atoms with Crippen LogP contribution < -0.4 is 5.32 Å². The highest BCUT2D eigenvalue weighted by Crippen LogP contribution is 2.14. The number of aryl methyl sites for hydroxylation is 1. The van der Waals surface area contributed by atoms with Gasteiger partial charge in [-0.25, -0.2) is 4.98 Å². The first kappa shape index (κ1) is 23.4. The summed E-state index contributed by atoms with van der Waals surface area (Å²) in [5.41, 5.74) is 1.84. The van der Waals surface area contributed by atoms with Crippen molar-refractivity contribution in [3.8, 4) is 0 Å². The SMILES string of the molecule is Cc1cccc(NC(=O)c2coc(CN3CCN(C[C@H](O)COC(C)(C)C)CC3)n2)c1. The van der Waals surface area contributed by atoms with Crippen LogP contribution in [0.4, 0.5) is 5.69 Å². The number of β-amino-alcohol motifs (C(OH)–C–C–N with tert-alkyl or cyclic N) is 1. The van der Waals surface area contributed by atoms with Crippen LogP contribution in [-0.2, 0) is 11.3 Å². The van der Waals surface area contributed by atoms with Crippen molar-refractivity contribution in [2.45, 2.75) is 45.9 Å². The van der Waals surface area contributed by atoms with Crippen molar-refractivity contribution < 1.29 is 19.1 Å². The molecule has 0 spiro atoms.